The number of anilines is 1. The fourth-order valence-electron chi connectivity index (χ4n) is 4.19. The molecule has 0 spiro atoms. The molecule has 0 aliphatic heterocycles. The number of nitrogen functional groups attached to an aromatic ring is 1. The van der Waals surface area contributed by atoms with Gasteiger partial charge in [0, 0.05) is 37.7 Å². The Labute approximate surface area is 213 Å². The van der Waals surface area contributed by atoms with Crippen LogP contribution < -0.4 is 16.8 Å². The number of fused-ring (bicyclic) bond motifs is 1. The van der Waals surface area contributed by atoms with Gasteiger partial charge < -0.3 is 5.73 Å². The van der Waals surface area contributed by atoms with E-state index in [-0.39, 0.29) is 11.4 Å². The summed E-state index contributed by atoms with van der Waals surface area (Å²) in [5.41, 5.74) is 9.77. The van der Waals surface area contributed by atoms with Gasteiger partial charge in [0.1, 0.15) is 5.82 Å². The van der Waals surface area contributed by atoms with E-state index in [2.05, 4.69) is 21.8 Å². The molecule has 0 saturated heterocycles. The molecular formula is C28H28FN7O. The minimum Gasteiger partial charge on any atom is -0.396 e. The van der Waals surface area contributed by atoms with E-state index in [9.17, 15) is 9.18 Å². The van der Waals surface area contributed by atoms with E-state index in [4.69, 9.17) is 5.73 Å². The maximum absolute atomic E-state index is 13.8. The number of hydrogen-bond donors (Lipinski definition) is 1. The summed E-state index contributed by atoms with van der Waals surface area (Å²) in [5.74, 6) is -0.364. The maximum atomic E-state index is 13.8. The molecule has 0 fully saturated rings. The Morgan fingerprint density at radius 2 is 1.92 bits per heavy atom. The van der Waals surface area contributed by atoms with E-state index >= 15 is 0 Å². The van der Waals surface area contributed by atoms with E-state index < -0.39 is 0 Å². The van der Waals surface area contributed by atoms with Crippen molar-refractivity contribution in [3.8, 4) is 16.8 Å². The van der Waals surface area contributed by atoms with Crippen molar-refractivity contribution in [3.05, 3.63) is 107 Å². The lowest BCUT2D eigenvalue weighted by Crippen LogP contribution is -2.22. The van der Waals surface area contributed by atoms with Gasteiger partial charge >= 0.3 is 0 Å². The number of rotatable bonds is 4. The van der Waals surface area contributed by atoms with Crippen LogP contribution in [0.2, 0.25) is 0 Å². The van der Waals surface area contributed by atoms with E-state index in [0.29, 0.717) is 28.7 Å². The summed E-state index contributed by atoms with van der Waals surface area (Å²) in [7, 11) is 3.50. The molecule has 188 valence electrons. The summed E-state index contributed by atoms with van der Waals surface area (Å²) in [5, 5.41) is 9.66. The molecule has 3 aromatic heterocycles. The van der Waals surface area contributed by atoms with Crippen LogP contribution in [-0.2, 0) is 13.5 Å². The van der Waals surface area contributed by atoms with E-state index in [0.717, 1.165) is 22.2 Å². The smallest absolute Gasteiger partial charge is 0.263 e. The molecule has 37 heavy (non-hydrogen) atoms. The van der Waals surface area contributed by atoms with Crippen LogP contribution in [0.4, 0.5) is 10.1 Å². The van der Waals surface area contributed by atoms with Crippen LogP contribution in [0.1, 0.15) is 12.6 Å². The first-order valence-electron chi connectivity index (χ1n) is 11.7. The predicted octanol–water partition coefficient (Wildman–Crippen LogP) is 4.19. The Kier molecular flexibility index (Phi) is 7.43. The molecular weight excluding hydrogens is 469 g/mol. The highest BCUT2D eigenvalue weighted by Gasteiger charge is 2.15. The first-order valence-corrected chi connectivity index (χ1v) is 11.7. The summed E-state index contributed by atoms with van der Waals surface area (Å²) in [6.07, 6.45) is 7.45. The Hall–Kier alpha value is -4.79. The molecule has 8 nitrogen and oxygen atoms in total. The normalized spacial score (nSPS) is 11.3. The summed E-state index contributed by atoms with van der Waals surface area (Å²) < 4.78 is 18.6. The van der Waals surface area contributed by atoms with Crippen LogP contribution in [0.5, 0.6) is 0 Å². The van der Waals surface area contributed by atoms with Crippen LogP contribution in [0.3, 0.4) is 0 Å². The molecule has 2 N–H and O–H groups in total. The van der Waals surface area contributed by atoms with Crippen LogP contribution in [0.15, 0.2) is 89.6 Å². The SMILES string of the molecule is C=Cn1nccc(N)c1=NC.CCc1cc2cccc(-c3cnn(C)c3)c2c(=O)n1-c1cccc(F)c1. The number of nitrogens with two attached hydrogens (primary N) is 1. The van der Waals surface area contributed by atoms with Crippen LogP contribution in [0.25, 0.3) is 33.8 Å². The minimum absolute atomic E-state index is 0.149. The molecule has 5 aromatic rings. The monoisotopic (exact) mass is 497 g/mol. The molecule has 0 amide bonds. The molecule has 3 heterocycles. The van der Waals surface area contributed by atoms with Gasteiger partial charge in [0.05, 0.1) is 29.2 Å². The van der Waals surface area contributed by atoms with Crippen molar-refractivity contribution in [2.75, 3.05) is 12.8 Å². The molecule has 0 unspecified atom stereocenters. The second-order valence-electron chi connectivity index (χ2n) is 8.24. The first-order chi connectivity index (χ1) is 17.9. The Morgan fingerprint density at radius 1 is 1.14 bits per heavy atom. The van der Waals surface area contributed by atoms with Crippen molar-refractivity contribution in [1.29, 1.82) is 0 Å². The fourth-order valence-corrected chi connectivity index (χ4v) is 4.19. The second kappa shape index (κ2) is 10.9. The van der Waals surface area contributed by atoms with Crippen molar-refractivity contribution < 1.29 is 4.39 Å². The van der Waals surface area contributed by atoms with Crippen molar-refractivity contribution in [3.63, 3.8) is 0 Å². The van der Waals surface area contributed by atoms with Crippen molar-refractivity contribution in [1.82, 2.24) is 24.1 Å². The molecule has 0 atom stereocenters. The standard InChI is InChI=1S/C21H18FN3O.C7H10N4/c1-3-17-10-14-6-4-9-19(15-12-23-24(2)13-15)20(14)21(26)25(17)18-8-5-7-16(22)11-18;1-3-11-7(9-2)6(8)4-5-10-11/h4-13H,3H2,1-2H3;3-5H,1,8H2,2H3. The number of hydrogen-bond acceptors (Lipinski definition) is 5. The lowest BCUT2D eigenvalue weighted by Gasteiger charge is -2.15. The predicted molar refractivity (Wildman–Crippen MR) is 146 cm³/mol. The van der Waals surface area contributed by atoms with Gasteiger partial charge in [-0.05, 0) is 47.7 Å². The highest BCUT2D eigenvalue weighted by Crippen LogP contribution is 2.27. The van der Waals surface area contributed by atoms with Crippen LogP contribution in [0, 0.1) is 5.82 Å². The summed E-state index contributed by atoms with van der Waals surface area (Å²) in [6.45, 7) is 5.55. The van der Waals surface area contributed by atoms with Gasteiger partial charge in [0.2, 0.25) is 0 Å². The molecule has 5 rings (SSSR count). The molecule has 0 bridgehead atoms. The third-order valence-corrected chi connectivity index (χ3v) is 5.87. The molecule has 0 radical (unpaired) electrons. The molecule has 0 aliphatic carbocycles. The number of pyridine rings is 1. The second-order valence-corrected chi connectivity index (χ2v) is 8.24. The van der Waals surface area contributed by atoms with E-state index in [1.807, 2.05) is 44.4 Å². The van der Waals surface area contributed by atoms with Gasteiger partial charge in [-0.25, -0.2) is 9.07 Å². The average molecular weight is 498 g/mol. The fraction of sp³-hybridized carbons (Fsp3) is 0.143. The third-order valence-electron chi connectivity index (χ3n) is 5.87. The van der Waals surface area contributed by atoms with Gasteiger partial charge in [-0.3, -0.25) is 19.0 Å². The highest BCUT2D eigenvalue weighted by molar-refractivity contribution is 5.96. The zero-order valence-electron chi connectivity index (χ0n) is 21.0. The topological polar surface area (TPSA) is 96.0 Å². The number of aryl methyl sites for hydroxylation is 2. The number of nitrogens with zero attached hydrogens (tertiary/aromatic N) is 6. The average Bonchev–Trinajstić information content (AvgIpc) is 3.34. The molecule has 9 heteroatoms. The van der Waals surface area contributed by atoms with Gasteiger partial charge in [-0.1, -0.05) is 37.8 Å². The van der Waals surface area contributed by atoms with E-state index in [1.54, 1.807) is 53.1 Å². The van der Waals surface area contributed by atoms with Gasteiger partial charge in [-0.2, -0.15) is 10.2 Å². The summed E-state index contributed by atoms with van der Waals surface area (Å²) in [6, 6.07) is 15.6. The molecule has 2 aromatic carbocycles. The molecule has 0 saturated carbocycles. The Bertz CT molecular complexity index is 1710. The Balaban J connectivity index is 0.000000245. The minimum atomic E-state index is -0.364. The van der Waals surface area contributed by atoms with Gasteiger partial charge in [0.15, 0.2) is 5.49 Å². The largest absolute Gasteiger partial charge is 0.396 e. The van der Waals surface area contributed by atoms with Gasteiger partial charge in [-0.15, -0.1) is 0 Å². The lowest BCUT2D eigenvalue weighted by atomic mass is 10.0. The van der Waals surface area contributed by atoms with Crippen LogP contribution in [-0.4, -0.2) is 31.2 Å². The highest BCUT2D eigenvalue weighted by atomic mass is 19.1. The summed E-state index contributed by atoms with van der Waals surface area (Å²) >= 11 is 0. The maximum Gasteiger partial charge on any atom is 0.263 e. The Morgan fingerprint density at radius 3 is 2.54 bits per heavy atom. The van der Waals surface area contributed by atoms with Crippen molar-refractivity contribution in [2.45, 2.75) is 13.3 Å². The summed E-state index contributed by atoms with van der Waals surface area (Å²) in [4.78, 5) is 17.4. The molecule has 0 aliphatic rings. The number of halogens is 1. The quantitative estimate of drug-likeness (QED) is 0.403. The van der Waals surface area contributed by atoms with Gasteiger partial charge in [0.25, 0.3) is 5.56 Å². The number of benzene rings is 2. The van der Waals surface area contributed by atoms with E-state index in [1.165, 1.54) is 16.8 Å². The van der Waals surface area contributed by atoms with Crippen LogP contribution >= 0.6 is 0 Å². The van der Waals surface area contributed by atoms with Crippen molar-refractivity contribution >= 4 is 22.7 Å². The zero-order chi connectivity index (χ0) is 26.5. The van der Waals surface area contributed by atoms with Crippen molar-refractivity contribution in [2.24, 2.45) is 12.0 Å². The lowest BCUT2D eigenvalue weighted by molar-refractivity contribution is 0.626. The number of aromatic nitrogens is 5. The first kappa shape index (κ1) is 25.3. The zero-order valence-corrected chi connectivity index (χ0v) is 21.0. The third kappa shape index (κ3) is 5.11.